The zero-order valence-electron chi connectivity index (χ0n) is 44.6. The van der Waals surface area contributed by atoms with Gasteiger partial charge < -0.3 is 75.8 Å². The topological polar surface area (TPSA) is 318 Å². The molecule has 3 aliphatic rings. The van der Waals surface area contributed by atoms with Crippen LogP contribution in [-0.4, -0.2) is 179 Å². The summed E-state index contributed by atoms with van der Waals surface area (Å²) in [4.78, 5) is 131. The van der Waals surface area contributed by atoms with Crippen molar-refractivity contribution in [2.75, 3.05) is 26.9 Å². The molecule has 0 spiro atoms. The molecule has 0 bridgehead atoms. The molecule has 0 radical (unpaired) electrons. The van der Waals surface area contributed by atoms with Crippen molar-refractivity contribution in [2.24, 2.45) is 0 Å². The van der Waals surface area contributed by atoms with Crippen molar-refractivity contribution in [3.63, 3.8) is 0 Å². The fourth-order valence-electron chi connectivity index (χ4n) is 8.71. The minimum absolute atomic E-state index is 0.00262. The summed E-state index contributed by atoms with van der Waals surface area (Å²) >= 11 is 0. The molecule has 0 N–H and O–H groups in total. The van der Waals surface area contributed by atoms with E-state index in [1.807, 2.05) is 0 Å². The Labute approximate surface area is 457 Å². The number of esters is 10. The van der Waals surface area contributed by atoms with Crippen molar-refractivity contribution in [1.82, 2.24) is 0 Å². The second-order valence-corrected chi connectivity index (χ2v) is 18.0. The predicted molar refractivity (Wildman–Crippen MR) is 262 cm³/mol. The maximum Gasteiger partial charge on any atom is 0.338 e. The molecule has 0 unspecified atom stereocenters. The number of hydrogen-bond acceptors (Lipinski definition) is 26. The molecule has 15 atom stereocenters. The molecule has 26 nitrogen and oxygen atoms in total. The van der Waals surface area contributed by atoms with Crippen LogP contribution in [0.5, 0.6) is 0 Å². The maximum absolute atomic E-state index is 14.2. The lowest BCUT2D eigenvalue weighted by Crippen LogP contribution is -2.69. The van der Waals surface area contributed by atoms with Crippen molar-refractivity contribution in [3.8, 4) is 0 Å². The lowest BCUT2D eigenvalue weighted by Gasteiger charge is -2.50. The van der Waals surface area contributed by atoms with E-state index in [9.17, 15) is 47.9 Å². The Bertz CT molecular complexity index is 2650. The molecule has 80 heavy (non-hydrogen) atoms. The summed E-state index contributed by atoms with van der Waals surface area (Å²) in [5, 5.41) is 0. The summed E-state index contributed by atoms with van der Waals surface area (Å²) in [6.45, 7) is 4.75. The number of carbonyl (C=O) groups excluding carboxylic acids is 10. The Balaban J connectivity index is 1.50. The highest BCUT2D eigenvalue weighted by atomic mass is 16.8. The fraction of sp³-hybridized carbons (Fsp3) is 0.481. The fourth-order valence-corrected chi connectivity index (χ4v) is 8.71. The molecule has 3 aromatic carbocycles. The van der Waals surface area contributed by atoms with Crippen molar-refractivity contribution in [2.45, 2.75) is 141 Å². The number of hydrogen-bond donors (Lipinski definition) is 0. The van der Waals surface area contributed by atoms with E-state index in [2.05, 4.69) is 0 Å². The molecular formula is C54H60O26. The average molecular weight is 1130 g/mol. The van der Waals surface area contributed by atoms with Crippen LogP contribution in [0.3, 0.4) is 0 Å². The van der Waals surface area contributed by atoms with Crippen LogP contribution < -0.4 is 0 Å². The van der Waals surface area contributed by atoms with Gasteiger partial charge in [-0.1, -0.05) is 54.6 Å². The average Bonchev–Trinajstić information content (AvgIpc) is 3.61. The van der Waals surface area contributed by atoms with Gasteiger partial charge in [0, 0.05) is 55.6 Å². The molecule has 0 aromatic heterocycles. The first-order valence-electron chi connectivity index (χ1n) is 24.8. The number of benzene rings is 3. The Hall–Kier alpha value is -7.88. The predicted octanol–water partition coefficient (Wildman–Crippen LogP) is 2.67. The van der Waals surface area contributed by atoms with E-state index in [1.54, 1.807) is 54.6 Å². The third kappa shape index (κ3) is 16.8. The lowest BCUT2D eigenvalue weighted by molar-refractivity contribution is -0.378. The normalized spacial score (nSPS) is 28.0. The third-order valence-electron chi connectivity index (χ3n) is 11.9. The van der Waals surface area contributed by atoms with E-state index in [1.165, 1.54) is 43.5 Å². The number of ether oxygens (including phenoxy) is 16. The SMILES string of the molecule is CO[C@H]1O[C@H](COC(=O)c2ccccc2)[C@@H](O[C@@H]2O[C@H](COC(C)=O)[C@@H](O[C@@H]3O[C@H](COC(C)=O)[C@H](OC(C)=O)[C@H](OC(C)=O)[C@H]3OC(C)=O)[C@H](OC(C)=O)[C@H]2OC(C)=O)[C@H](OC(=O)c2ccccc2)[C@H]1OC(=O)c1ccccc1. The minimum Gasteiger partial charge on any atom is -0.463 e. The molecular weight excluding hydrogens is 1060 g/mol. The summed E-state index contributed by atoms with van der Waals surface area (Å²) in [7, 11) is 1.19. The summed E-state index contributed by atoms with van der Waals surface area (Å²) in [5.41, 5.74) is 0.145. The van der Waals surface area contributed by atoms with E-state index in [0.29, 0.717) is 0 Å². The number of methoxy groups -OCH3 is 1. The second-order valence-electron chi connectivity index (χ2n) is 18.0. The van der Waals surface area contributed by atoms with Gasteiger partial charge >= 0.3 is 59.7 Å². The van der Waals surface area contributed by atoms with E-state index < -0.39 is 172 Å². The highest BCUT2D eigenvalue weighted by Crippen LogP contribution is 2.38. The highest BCUT2D eigenvalue weighted by molar-refractivity contribution is 5.91. The van der Waals surface area contributed by atoms with Gasteiger partial charge in [0.2, 0.25) is 0 Å². The van der Waals surface area contributed by atoms with Crippen molar-refractivity contribution in [3.05, 3.63) is 108 Å². The smallest absolute Gasteiger partial charge is 0.338 e. The Morgan fingerprint density at radius 3 is 0.988 bits per heavy atom. The second kappa shape index (κ2) is 28.8. The Morgan fingerprint density at radius 1 is 0.325 bits per heavy atom. The molecule has 0 aliphatic carbocycles. The van der Waals surface area contributed by atoms with Gasteiger partial charge in [0.15, 0.2) is 61.6 Å². The van der Waals surface area contributed by atoms with Crippen LogP contribution in [0.2, 0.25) is 0 Å². The maximum atomic E-state index is 14.2. The minimum atomic E-state index is -2.08. The van der Waals surface area contributed by atoms with Gasteiger partial charge in [-0.2, -0.15) is 0 Å². The summed E-state index contributed by atoms with van der Waals surface area (Å²) < 4.78 is 94.9. The lowest BCUT2D eigenvalue weighted by atomic mass is 9.95. The van der Waals surface area contributed by atoms with E-state index in [-0.39, 0.29) is 16.7 Å². The molecule has 3 heterocycles. The van der Waals surface area contributed by atoms with Gasteiger partial charge in [0.25, 0.3) is 0 Å². The molecule has 6 rings (SSSR count). The van der Waals surface area contributed by atoms with Gasteiger partial charge in [-0.25, -0.2) is 14.4 Å². The van der Waals surface area contributed by atoms with Gasteiger partial charge in [-0.15, -0.1) is 0 Å². The van der Waals surface area contributed by atoms with Crippen LogP contribution in [0.15, 0.2) is 91.0 Å². The van der Waals surface area contributed by atoms with E-state index >= 15 is 0 Å². The molecule has 0 amide bonds. The molecule has 3 aromatic rings. The van der Waals surface area contributed by atoms with Crippen LogP contribution >= 0.6 is 0 Å². The molecule has 26 heteroatoms. The van der Waals surface area contributed by atoms with Gasteiger partial charge in [0.05, 0.1) is 16.7 Å². The largest absolute Gasteiger partial charge is 0.463 e. The van der Waals surface area contributed by atoms with E-state index in [0.717, 1.165) is 48.5 Å². The summed E-state index contributed by atoms with van der Waals surface area (Å²) in [6, 6.07) is 23.0. The Morgan fingerprint density at radius 2 is 0.613 bits per heavy atom. The summed E-state index contributed by atoms with van der Waals surface area (Å²) in [6.07, 6.45) is -27.2. The van der Waals surface area contributed by atoms with Crippen LogP contribution in [0, 0.1) is 0 Å². The van der Waals surface area contributed by atoms with Crippen molar-refractivity contribution < 1.29 is 124 Å². The monoisotopic (exact) mass is 1120 g/mol. The zero-order chi connectivity index (χ0) is 58.2. The molecule has 3 fully saturated rings. The number of rotatable bonds is 21. The van der Waals surface area contributed by atoms with Crippen molar-refractivity contribution in [1.29, 1.82) is 0 Å². The van der Waals surface area contributed by atoms with E-state index in [4.69, 9.17) is 75.8 Å². The van der Waals surface area contributed by atoms with Gasteiger partial charge in [-0.05, 0) is 36.4 Å². The van der Waals surface area contributed by atoms with Crippen LogP contribution in [0.4, 0.5) is 0 Å². The zero-order valence-corrected chi connectivity index (χ0v) is 44.6. The highest BCUT2D eigenvalue weighted by Gasteiger charge is 2.60. The first-order valence-corrected chi connectivity index (χ1v) is 24.8. The molecule has 3 aliphatic heterocycles. The van der Waals surface area contributed by atoms with Crippen LogP contribution in [-0.2, 0) is 109 Å². The number of carbonyl (C=O) groups is 10. The van der Waals surface area contributed by atoms with Gasteiger partial charge in [0.1, 0.15) is 50.3 Å². The Kier molecular flexibility index (Phi) is 22.1. The third-order valence-corrected chi connectivity index (χ3v) is 11.9. The molecule has 432 valence electrons. The molecule has 0 saturated carbocycles. The van der Waals surface area contributed by atoms with Gasteiger partial charge in [-0.3, -0.25) is 33.6 Å². The first-order chi connectivity index (χ1) is 38.1. The molecule has 3 saturated heterocycles. The van der Waals surface area contributed by atoms with Crippen LogP contribution in [0.1, 0.15) is 79.5 Å². The standard InChI is InChI=1S/C54H60O26/c1-27(55)66-24-37-40(69-29(3)57)43(70-30(4)58)47(72-32(6)60)53(75-37)79-41-38(25-67-28(2)56)76-54(48(73-33(7)61)44(41)71-31(5)59)80-42-39(26-68-49(62)34-18-12-9-13-19-34)74-52(65-8)46(78-51(64)36-22-16-11-17-23-36)45(42)77-50(63)35-20-14-10-15-21-35/h9-23,37-48,52-54H,24-26H2,1-8H3/t37-,38-,39-,40+,41-,42-,43+,44+,45+,46-,47-,48-,52+,53+,54+/m1/s1. The van der Waals surface area contributed by atoms with Crippen molar-refractivity contribution >= 4 is 59.7 Å². The summed E-state index contributed by atoms with van der Waals surface area (Å²) in [5.74, 6) is -9.63. The van der Waals surface area contributed by atoms with Crippen LogP contribution in [0.25, 0.3) is 0 Å². The quantitative estimate of drug-likeness (QED) is 0.109. The first kappa shape index (κ1) is 61.3.